The predicted octanol–water partition coefficient (Wildman–Crippen LogP) is 3.18. The third-order valence-corrected chi connectivity index (χ3v) is 5.68. The molecule has 0 saturated carbocycles. The van der Waals surface area contributed by atoms with Gasteiger partial charge < -0.3 is 10.7 Å². The minimum absolute atomic E-state index is 0.314. The van der Waals surface area contributed by atoms with Crippen LogP contribution in [-0.2, 0) is 12.8 Å². The number of aryl methyl sites for hydroxylation is 1. The van der Waals surface area contributed by atoms with Crippen LogP contribution in [0.3, 0.4) is 0 Å². The van der Waals surface area contributed by atoms with E-state index < -0.39 is 0 Å². The molecule has 2 heterocycles. The van der Waals surface area contributed by atoms with Crippen molar-refractivity contribution in [3.8, 4) is 0 Å². The van der Waals surface area contributed by atoms with E-state index in [4.69, 9.17) is 5.73 Å². The van der Waals surface area contributed by atoms with Gasteiger partial charge in [0.1, 0.15) is 0 Å². The first kappa shape index (κ1) is 14.3. The number of rotatable bonds is 3. The summed E-state index contributed by atoms with van der Waals surface area (Å²) in [5, 5.41) is 1.51. The average molecular weight is 297 g/mol. The molecule has 1 aromatic heterocycles. The van der Waals surface area contributed by atoms with Crippen molar-refractivity contribution >= 4 is 10.9 Å². The van der Waals surface area contributed by atoms with Gasteiger partial charge in [0.15, 0.2) is 0 Å². The van der Waals surface area contributed by atoms with Gasteiger partial charge in [0.25, 0.3) is 0 Å². The fourth-order valence-corrected chi connectivity index (χ4v) is 4.84. The number of nitrogens with zero attached hydrogens (tertiary/aromatic N) is 1. The number of aromatic nitrogens is 1. The number of hydrogen-bond donors (Lipinski definition) is 2. The Morgan fingerprint density at radius 3 is 2.95 bits per heavy atom. The Balaban J connectivity index is 1.86. The zero-order chi connectivity index (χ0) is 15.3. The van der Waals surface area contributed by atoms with Gasteiger partial charge in [-0.1, -0.05) is 26.0 Å². The normalized spacial score (nSPS) is 28.0. The average Bonchev–Trinajstić information content (AvgIpc) is 2.88. The molecule has 0 radical (unpaired) electrons. The Morgan fingerprint density at radius 2 is 2.18 bits per heavy atom. The number of fused-ring (bicyclic) bond motifs is 2. The van der Waals surface area contributed by atoms with Gasteiger partial charge in [-0.15, -0.1) is 0 Å². The highest BCUT2D eigenvalue weighted by atomic mass is 15.2. The lowest BCUT2D eigenvalue weighted by Crippen LogP contribution is -2.54. The van der Waals surface area contributed by atoms with Gasteiger partial charge in [0.05, 0.1) is 0 Å². The third-order valence-electron chi connectivity index (χ3n) is 5.68. The van der Waals surface area contributed by atoms with Gasteiger partial charge >= 0.3 is 0 Å². The summed E-state index contributed by atoms with van der Waals surface area (Å²) < 4.78 is 0. The zero-order valence-corrected chi connectivity index (χ0v) is 13.7. The molecule has 22 heavy (non-hydrogen) atoms. The summed E-state index contributed by atoms with van der Waals surface area (Å²) in [6.07, 6.45) is 4.63. The Labute approximate surface area is 132 Å². The van der Waals surface area contributed by atoms with E-state index in [1.54, 1.807) is 5.56 Å². The Bertz CT molecular complexity index is 687. The van der Waals surface area contributed by atoms with Crippen molar-refractivity contribution < 1.29 is 0 Å². The summed E-state index contributed by atoms with van der Waals surface area (Å²) in [6, 6.07) is 7.74. The molecule has 1 aliphatic heterocycles. The minimum atomic E-state index is 0.314. The second kappa shape index (κ2) is 5.39. The molecule has 1 aromatic carbocycles. The lowest BCUT2D eigenvalue weighted by molar-refractivity contribution is 0.110. The lowest BCUT2D eigenvalue weighted by Gasteiger charge is -2.46. The minimum Gasteiger partial charge on any atom is -0.358 e. The number of nitrogens with two attached hydrogens (primary N) is 1. The molecule has 0 bridgehead atoms. The van der Waals surface area contributed by atoms with Gasteiger partial charge in [-0.2, -0.15) is 0 Å². The van der Waals surface area contributed by atoms with E-state index in [-0.39, 0.29) is 0 Å². The molecule has 0 spiro atoms. The van der Waals surface area contributed by atoms with Crippen LogP contribution in [0, 0.1) is 0 Å². The van der Waals surface area contributed by atoms with Crippen molar-refractivity contribution in [2.24, 2.45) is 5.73 Å². The summed E-state index contributed by atoms with van der Waals surface area (Å²) in [5.41, 5.74) is 12.3. The molecule has 1 aliphatic carbocycles. The van der Waals surface area contributed by atoms with Gasteiger partial charge in [-0.3, -0.25) is 4.90 Å². The van der Waals surface area contributed by atoms with Crippen LogP contribution >= 0.6 is 0 Å². The first-order valence-electron chi connectivity index (χ1n) is 8.84. The second-order valence-corrected chi connectivity index (χ2v) is 7.07. The van der Waals surface area contributed by atoms with Crippen LogP contribution in [0.1, 0.15) is 49.4 Å². The van der Waals surface area contributed by atoms with Gasteiger partial charge in [0.2, 0.25) is 0 Å². The topological polar surface area (TPSA) is 45.0 Å². The van der Waals surface area contributed by atoms with Crippen LogP contribution in [0.25, 0.3) is 10.9 Å². The van der Waals surface area contributed by atoms with Gasteiger partial charge in [-0.25, -0.2) is 0 Å². The first-order chi connectivity index (χ1) is 10.7. The van der Waals surface area contributed by atoms with Crippen LogP contribution < -0.4 is 5.73 Å². The smallest absolute Gasteiger partial charge is 0.0461 e. The van der Waals surface area contributed by atoms with Crippen molar-refractivity contribution in [1.82, 2.24) is 9.88 Å². The predicted molar refractivity (Wildman–Crippen MR) is 92.4 cm³/mol. The van der Waals surface area contributed by atoms with Gasteiger partial charge in [0, 0.05) is 41.1 Å². The van der Waals surface area contributed by atoms with Crippen LogP contribution in [0.4, 0.5) is 0 Å². The Hall–Kier alpha value is -1.32. The molecule has 4 rings (SSSR count). The summed E-state index contributed by atoms with van der Waals surface area (Å²) in [5.74, 6) is 0.604. The van der Waals surface area contributed by atoms with Crippen molar-refractivity contribution in [2.75, 3.05) is 13.1 Å². The van der Waals surface area contributed by atoms with E-state index in [1.165, 1.54) is 41.5 Å². The highest BCUT2D eigenvalue weighted by Gasteiger charge is 2.40. The van der Waals surface area contributed by atoms with E-state index in [9.17, 15) is 0 Å². The molecule has 3 heteroatoms. The number of piperidine rings is 1. The van der Waals surface area contributed by atoms with Gasteiger partial charge in [-0.05, 0) is 49.4 Å². The fourth-order valence-electron chi connectivity index (χ4n) is 4.84. The molecule has 118 valence electrons. The zero-order valence-electron chi connectivity index (χ0n) is 13.7. The highest BCUT2D eigenvalue weighted by Crippen LogP contribution is 2.44. The first-order valence-corrected chi connectivity index (χ1v) is 8.84. The molecule has 1 saturated heterocycles. The number of likely N-dealkylation sites (tertiary alicyclic amines) is 1. The number of benzene rings is 1. The molecule has 0 unspecified atom stereocenters. The largest absolute Gasteiger partial charge is 0.358 e. The monoisotopic (exact) mass is 297 g/mol. The molecule has 3 atom stereocenters. The number of aromatic amines is 1. The lowest BCUT2D eigenvalue weighted by atomic mass is 9.73. The Morgan fingerprint density at radius 1 is 1.32 bits per heavy atom. The molecule has 3 nitrogen and oxygen atoms in total. The molecular formula is C19H27N3. The molecule has 2 aromatic rings. The van der Waals surface area contributed by atoms with Crippen LogP contribution in [0.15, 0.2) is 18.2 Å². The van der Waals surface area contributed by atoms with E-state index in [0.717, 1.165) is 19.4 Å². The van der Waals surface area contributed by atoms with Crippen molar-refractivity contribution in [1.29, 1.82) is 0 Å². The summed E-state index contributed by atoms with van der Waals surface area (Å²) in [7, 11) is 0. The summed E-state index contributed by atoms with van der Waals surface area (Å²) >= 11 is 0. The standard InChI is InChI=1S/C19H27N3/c1-3-8-22-11-12(20)9-14-13-6-5-7-17-19(13)15(10-18(14)22)16(4-2)21-17/h5-7,12,14,18,21H,3-4,8-11,20H2,1-2H3/t12-,14+,18+/m0/s1. The van der Waals surface area contributed by atoms with E-state index in [1.807, 2.05) is 0 Å². The summed E-state index contributed by atoms with van der Waals surface area (Å²) in [4.78, 5) is 6.32. The maximum Gasteiger partial charge on any atom is 0.0461 e. The second-order valence-electron chi connectivity index (χ2n) is 7.07. The van der Waals surface area contributed by atoms with Crippen LogP contribution in [-0.4, -0.2) is 35.1 Å². The van der Waals surface area contributed by atoms with E-state index >= 15 is 0 Å². The SMILES string of the molecule is CCCN1C[C@@H](N)C[C@@H]2c3cccc4[nH]c(CC)c(c34)C[C@H]21. The van der Waals surface area contributed by atoms with Crippen LogP contribution in [0.5, 0.6) is 0 Å². The Kier molecular flexibility index (Phi) is 3.50. The molecular weight excluding hydrogens is 270 g/mol. The van der Waals surface area contributed by atoms with Crippen molar-refractivity contribution in [3.05, 3.63) is 35.0 Å². The maximum atomic E-state index is 6.39. The quantitative estimate of drug-likeness (QED) is 0.914. The molecule has 1 fully saturated rings. The molecule has 2 aliphatic rings. The third kappa shape index (κ3) is 2.03. The van der Waals surface area contributed by atoms with Crippen LogP contribution in [0.2, 0.25) is 0 Å². The number of H-pyrrole nitrogens is 1. The van der Waals surface area contributed by atoms with E-state index in [2.05, 4.69) is 41.9 Å². The summed E-state index contributed by atoms with van der Waals surface area (Å²) in [6.45, 7) is 6.77. The maximum absolute atomic E-state index is 6.39. The van der Waals surface area contributed by atoms with Crippen molar-refractivity contribution in [2.45, 2.75) is 57.5 Å². The fraction of sp³-hybridized carbons (Fsp3) is 0.579. The number of hydrogen-bond acceptors (Lipinski definition) is 2. The molecule has 0 amide bonds. The van der Waals surface area contributed by atoms with E-state index in [0.29, 0.717) is 18.0 Å². The van der Waals surface area contributed by atoms with Crippen molar-refractivity contribution in [3.63, 3.8) is 0 Å². The highest BCUT2D eigenvalue weighted by molar-refractivity contribution is 5.89. The number of nitrogens with one attached hydrogen (secondary N) is 1. The molecule has 3 N–H and O–H groups in total.